The summed E-state index contributed by atoms with van der Waals surface area (Å²) in [5, 5.41) is 0.549. The summed E-state index contributed by atoms with van der Waals surface area (Å²) >= 11 is 6.04. The normalized spacial score (nSPS) is 22.6. The van der Waals surface area contributed by atoms with Gasteiger partial charge in [0.1, 0.15) is 6.04 Å². The van der Waals surface area contributed by atoms with Crippen molar-refractivity contribution in [2.75, 3.05) is 13.6 Å². The monoisotopic (exact) mass is 374 g/mol. The fourth-order valence-electron chi connectivity index (χ4n) is 3.61. The van der Waals surface area contributed by atoms with Crippen molar-refractivity contribution in [3.63, 3.8) is 0 Å². The first-order chi connectivity index (χ1) is 11.7. The molecule has 0 bridgehead atoms. The van der Waals surface area contributed by atoms with Gasteiger partial charge in [-0.3, -0.25) is 9.69 Å². The van der Waals surface area contributed by atoms with Crippen LogP contribution in [0.1, 0.15) is 31.4 Å². The van der Waals surface area contributed by atoms with Crippen LogP contribution in [0.5, 0.6) is 0 Å². The molecule has 0 spiro atoms. The van der Waals surface area contributed by atoms with Gasteiger partial charge in [-0.15, -0.1) is 6.58 Å². The summed E-state index contributed by atoms with van der Waals surface area (Å²) in [5.74, 6) is -0.605. The van der Waals surface area contributed by atoms with Crippen molar-refractivity contribution < 1.29 is 18.0 Å². The van der Waals surface area contributed by atoms with Crippen LogP contribution >= 0.6 is 11.6 Å². The molecule has 3 nitrogen and oxygen atoms in total. The maximum Gasteiger partial charge on any atom is 0.410 e. The van der Waals surface area contributed by atoms with Crippen LogP contribution in [0.2, 0.25) is 5.02 Å². The molecule has 0 aliphatic carbocycles. The zero-order valence-corrected chi connectivity index (χ0v) is 15.0. The lowest BCUT2D eigenvalue weighted by Crippen LogP contribution is -2.57. The van der Waals surface area contributed by atoms with E-state index in [0.29, 0.717) is 24.4 Å². The predicted octanol–water partition coefficient (Wildman–Crippen LogP) is 4.44. The molecule has 1 heterocycles. The minimum absolute atomic E-state index is 0.188. The van der Waals surface area contributed by atoms with Gasteiger partial charge in [-0.2, -0.15) is 13.2 Å². The number of likely N-dealkylation sites (tertiary alicyclic amines) is 1. The van der Waals surface area contributed by atoms with Gasteiger partial charge >= 0.3 is 6.18 Å². The van der Waals surface area contributed by atoms with Crippen molar-refractivity contribution in [3.8, 4) is 0 Å². The van der Waals surface area contributed by atoms with Gasteiger partial charge < -0.3 is 4.90 Å². The van der Waals surface area contributed by atoms with Crippen molar-refractivity contribution in [1.82, 2.24) is 9.80 Å². The minimum Gasteiger partial charge on any atom is -0.332 e. The Morgan fingerprint density at radius 2 is 2.16 bits per heavy atom. The summed E-state index contributed by atoms with van der Waals surface area (Å²) in [5.41, 5.74) is 0.878. The van der Waals surface area contributed by atoms with Gasteiger partial charge in [0.25, 0.3) is 0 Å². The highest BCUT2D eigenvalue weighted by atomic mass is 35.5. The fraction of sp³-hybridized carbons (Fsp3) is 0.500. The van der Waals surface area contributed by atoms with Gasteiger partial charge in [0.2, 0.25) is 5.91 Å². The molecule has 1 aromatic rings. The minimum atomic E-state index is -4.51. The number of carbonyl (C=O) groups is 1. The highest BCUT2D eigenvalue weighted by Gasteiger charge is 2.52. The molecule has 1 aliphatic heterocycles. The molecule has 138 valence electrons. The summed E-state index contributed by atoms with van der Waals surface area (Å²) in [6, 6.07) is 4.31. The molecule has 7 heteroatoms. The van der Waals surface area contributed by atoms with Gasteiger partial charge in [0, 0.05) is 37.6 Å². The second-order valence-corrected chi connectivity index (χ2v) is 6.75. The molecule has 1 aliphatic rings. The number of carbonyl (C=O) groups excluding carboxylic acids is 1. The van der Waals surface area contributed by atoms with Crippen LogP contribution in [-0.2, 0) is 4.79 Å². The van der Waals surface area contributed by atoms with Crippen LogP contribution < -0.4 is 0 Å². The lowest BCUT2D eigenvalue weighted by Gasteiger charge is -2.39. The molecule has 0 aromatic heterocycles. The largest absolute Gasteiger partial charge is 0.410 e. The molecular weight excluding hydrogens is 353 g/mol. The number of alkyl halides is 3. The second-order valence-electron chi connectivity index (χ2n) is 6.32. The van der Waals surface area contributed by atoms with E-state index in [-0.39, 0.29) is 6.04 Å². The number of hydrogen-bond acceptors (Lipinski definition) is 2. The first-order valence-electron chi connectivity index (χ1n) is 8.09. The van der Waals surface area contributed by atoms with E-state index in [4.69, 9.17) is 11.6 Å². The van der Waals surface area contributed by atoms with E-state index in [9.17, 15) is 18.0 Å². The summed E-state index contributed by atoms with van der Waals surface area (Å²) in [6.07, 6.45) is -2.01. The molecule has 1 saturated heterocycles. The number of hydrogen-bond donors (Lipinski definition) is 0. The molecule has 1 amide bonds. The molecule has 1 unspecified atom stereocenters. The number of rotatable bonds is 5. The summed E-state index contributed by atoms with van der Waals surface area (Å²) in [4.78, 5) is 14.2. The van der Waals surface area contributed by atoms with E-state index in [1.807, 2.05) is 6.07 Å². The fourth-order valence-corrected chi connectivity index (χ4v) is 3.80. The van der Waals surface area contributed by atoms with Gasteiger partial charge in [-0.1, -0.05) is 29.8 Å². The van der Waals surface area contributed by atoms with E-state index in [0.717, 1.165) is 17.4 Å². The molecular formula is C18H22ClF3N2O. The molecule has 1 aromatic carbocycles. The second kappa shape index (κ2) is 7.79. The van der Waals surface area contributed by atoms with E-state index in [1.165, 1.54) is 7.05 Å². The van der Waals surface area contributed by atoms with Crippen LogP contribution in [0.15, 0.2) is 36.9 Å². The van der Waals surface area contributed by atoms with Crippen molar-refractivity contribution in [3.05, 3.63) is 47.5 Å². The van der Waals surface area contributed by atoms with E-state index in [1.54, 1.807) is 29.2 Å². The molecule has 3 atom stereocenters. The predicted molar refractivity (Wildman–Crippen MR) is 92.4 cm³/mol. The van der Waals surface area contributed by atoms with Crippen molar-refractivity contribution in [2.24, 2.45) is 0 Å². The zero-order chi connectivity index (χ0) is 18.8. The third kappa shape index (κ3) is 4.36. The lowest BCUT2D eigenvalue weighted by atomic mass is 10.0. The van der Waals surface area contributed by atoms with Gasteiger partial charge in [0.05, 0.1) is 0 Å². The Bertz CT molecular complexity index is 635. The van der Waals surface area contributed by atoms with Crippen LogP contribution in [-0.4, -0.2) is 47.6 Å². The highest BCUT2D eigenvalue weighted by Crippen LogP contribution is 2.42. The van der Waals surface area contributed by atoms with Crippen LogP contribution in [0.3, 0.4) is 0 Å². The van der Waals surface area contributed by atoms with Gasteiger partial charge in [-0.05, 0) is 30.5 Å². The standard InChI is InChI=1S/C18H22ClF3N2O/c1-4-10-24-15(13-6-5-7-14(19)11-13)8-9-16(24)17(18(20,21)22)23(3)12(2)25/h4-7,11,15-17H,1,8-10H2,2-3H3/t15-,16+,17?/m0/s1. The van der Waals surface area contributed by atoms with Crippen molar-refractivity contribution >= 4 is 17.5 Å². The lowest BCUT2D eigenvalue weighted by molar-refractivity contribution is -0.198. The van der Waals surface area contributed by atoms with Gasteiger partial charge in [0.15, 0.2) is 0 Å². The zero-order valence-electron chi connectivity index (χ0n) is 14.3. The van der Waals surface area contributed by atoms with Crippen LogP contribution in [0, 0.1) is 0 Å². The Hall–Kier alpha value is -1.53. The van der Waals surface area contributed by atoms with Crippen molar-refractivity contribution in [2.45, 2.75) is 44.1 Å². The summed E-state index contributed by atoms with van der Waals surface area (Å²) in [6.45, 7) is 5.13. The summed E-state index contributed by atoms with van der Waals surface area (Å²) < 4.78 is 41.2. The average molecular weight is 375 g/mol. The SMILES string of the molecule is C=CCN1[C@@H](C(N(C)C(C)=O)C(F)(F)F)CC[C@H]1c1cccc(Cl)c1. The van der Waals surface area contributed by atoms with Gasteiger partial charge in [-0.25, -0.2) is 0 Å². The maximum absolute atomic E-state index is 13.7. The third-order valence-electron chi connectivity index (χ3n) is 4.75. The first-order valence-corrected chi connectivity index (χ1v) is 8.46. The Labute approximate surface area is 151 Å². The number of likely N-dealkylation sites (N-methyl/N-ethyl adjacent to an activating group) is 1. The quantitative estimate of drug-likeness (QED) is 0.711. The Morgan fingerprint density at radius 3 is 2.68 bits per heavy atom. The van der Waals surface area contributed by atoms with E-state index < -0.39 is 24.2 Å². The number of benzene rings is 1. The molecule has 0 radical (unpaired) electrons. The van der Waals surface area contributed by atoms with Crippen LogP contribution in [0.25, 0.3) is 0 Å². The molecule has 2 rings (SSSR count). The average Bonchev–Trinajstić information content (AvgIpc) is 2.90. The van der Waals surface area contributed by atoms with E-state index in [2.05, 4.69) is 6.58 Å². The highest BCUT2D eigenvalue weighted by molar-refractivity contribution is 6.30. The maximum atomic E-state index is 13.7. The van der Waals surface area contributed by atoms with E-state index >= 15 is 0 Å². The Balaban J connectivity index is 2.39. The third-order valence-corrected chi connectivity index (χ3v) is 4.98. The number of nitrogens with zero attached hydrogens (tertiary/aromatic N) is 2. The summed E-state index contributed by atoms with van der Waals surface area (Å²) in [7, 11) is 1.21. The van der Waals surface area contributed by atoms with Crippen molar-refractivity contribution in [1.29, 1.82) is 0 Å². The molecule has 0 N–H and O–H groups in total. The number of amides is 1. The molecule has 1 fully saturated rings. The topological polar surface area (TPSA) is 23.6 Å². The van der Waals surface area contributed by atoms with Crippen LogP contribution in [0.4, 0.5) is 13.2 Å². The Morgan fingerprint density at radius 1 is 1.48 bits per heavy atom. The molecule has 25 heavy (non-hydrogen) atoms. The molecule has 0 saturated carbocycles. The smallest absolute Gasteiger partial charge is 0.332 e. The first kappa shape index (κ1) is 19.8. The number of halogens is 4. The Kier molecular flexibility index (Phi) is 6.16.